The number of rotatable bonds is 4. The van der Waals surface area contributed by atoms with E-state index in [-0.39, 0.29) is 0 Å². The van der Waals surface area contributed by atoms with Gasteiger partial charge in [-0.15, -0.1) is 0 Å². The molecule has 86 valence electrons. The lowest BCUT2D eigenvalue weighted by molar-refractivity contribution is -0.149. The van der Waals surface area contributed by atoms with Crippen molar-refractivity contribution in [2.75, 3.05) is 0 Å². The Morgan fingerprint density at radius 1 is 1.00 bits per heavy atom. The van der Waals surface area contributed by atoms with Crippen LogP contribution in [-0.4, -0.2) is 16.9 Å². The third-order valence-corrected chi connectivity index (χ3v) is 2.71. The van der Waals surface area contributed by atoms with Gasteiger partial charge < -0.3 is 5.11 Å². The predicted octanol–water partition coefficient (Wildman–Crippen LogP) is 2.57. The highest BCUT2D eigenvalue weighted by Crippen LogP contribution is 2.20. The molecule has 0 spiro atoms. The number of ketones is 1. The lowest BCUT2D eigenvalue weighted by Gasteiger charge is -2.10. The van der Waals surface area contributed by atoms with Gasteiger partial charge in [0.25, 0.3) is 0 Å². The van der Waals surface area contributed by atoms with Crippen LogP contribution >= 0.6 is 0 Å². The number of hydrogen-bond donors (Lipinski definition) is 1. The van der Waals surface area contributed by atoms with Crippen molar-refractivity contribution in [1.29, 1.82) is 0 Å². The van der Waals surface area contributed by atoms with Crippen LogP contribution in [0.3, 0.4) is 0 Å². The molecule has 1 atom stereocenters. The Labute approximate surface area is 95.1 Å². The molecule has 1 aromatic rings. The van der Waals surface area contributed by atoms with E-state index in [1.54, 1.807) is 6.92 Å². The summed E-state index contributed by atoms with van der Waals surface area (Å²) in [5, 5.41) is 8.61. The van der Waals surface area contributed by atoms with E-state index in [4.69, 9.17) is 5.11 Å². The lowest BCUT2D eigenvalue weighted by atomic mass is 9.94. The van der Waals surface area contributed by atoms with E-state index >= 15 is 0 Å². The van der Waals surface area contributed by atoms with Crippen molar-refractivity contribution in [3.8, 4) is 0 Å². The summed E-state index contributed by atoms with van der Waals surface area (Å²) < 4.78 is 0. The van der Waals surface area contributed by atoms with Crippen LogP contribution in [0.25, 0.3) is 0 Å². The SMILES string of the molecule is CC(C)c1ccc(C(C)C(=O)C(=O)O)cc1. The molecule has 0 radical (unpaired) electrons. The number of carbonyl (C=O) groups is 2. The zero-order chi connectivity index (χ0) is 12.3. The van der Waals surface area contributed by atoms with Crippen LogP contribution in [0.15, 0.2) is 24.3 Å². The van der Waals surface area contributed by atoms with E-state index < -0.39 is 17.7 Å². The molecular weight excluding hydrogens is 204 g/mol. The fourth-order valence-electron chi connectivity index (χ4n) is 1.51. The maximum atomic E-state index is 11.3. The number of carboxylic acids is 1. The molecule has 1 N–H and O–H groups in total. The second kappa shape index (κ2) is 4.92. The summed E-state index contributed by atoms with van der Waals surface area (Å²) >= 11 is 0. The molecule has 0 aliphatic heterocycles. The Hall–Kier alpha value is -1.64. The molecule has 0 fully saturated rings. The van der Waals surface area contributed by atoms with Crippen molar-refractivity contribution < 1.29 is 14.7 Å². The highest BCUT2D eigenvalue weighted by Gasteiger charge is 2.21. The molecule has 1 aromatic carbocycles. The third-order valence-electron chi connectivity index (χ3n) is 2.71. The third kappa shape index (κ3) is 2.69. The summed E-state index contributed by atoms with van der Waals surface area (Å²) in [6, 6.07) is 7.51. The first-order chi connectivity index (χ1) is 7.43. The Morgan fingerprint density at radius 2 is 1.44 bits per heavy atom. The molecular formula is C13H16O3. The van der Waals surface area contributed by atoms with Crippen LogP contribution in [0.1, 0.15) is 43.7 Å². The van der Waals surface area contributed by atoms with E-state index in [1.165, 1.54) is 5.56 Å². The monoisotopic (exact) mass is 220 g/mol. The molecule has 3 heteroatoms. The molecule has 3 nitrogen and oxygen atoms in total. The largest absolute Gasteiger partial charge is 0.475 e. The van der Waals surface area contributed by atoms with Crippen LogP contribution in [0.2, 0.25) is 0 Å². The van der Waals surface area contributed by atoms with Crippen molar-refractivity contribution in [3.05, 3.63) is 35.4 Å². The Balaban J connectivity index is 2.89. The molecule has 0 saturated heterocycles. The van der Waals surface area contributed by atoms with Gasteiger partial charge in [0.15, 0.2) is 0 Å². The number of carbonyl (C=O) groups excluding carboxylic acids is 1. The molecule has 0 aliphatic carbocycles. The van der Waals surface area contributed by atoms with Gasteiger partial charge in [-0.3, -0.25) is 4.79 Å². The fourth-order valence-corrected chi connectivity index (χ4v) is 1.51. The smallest absolute Gasteiger partial charge is 0.372 e. The van der Waals surface area contributed by atoms with Gasteiger partial charge in [0.1, 0.15) is 0 Å². The summed E-state index contributed by atoms with van der Waals surface area (Å²) in [4.78, 5) is 21.8. The summed E-state index contributed by atoms with van der Waals surface area (Å²) in [7, 11) is 0. The van der Waals surface area contributed by atoms with Gasteiger partial charge in [-0.1, -0.05) is 45.0 Å². The summed E-state index contributed by atoms with van der Waals surface area (Å²) in [5.41, 5.74) is 1.93. The average molecular weight is 220 g/mol. The first kappa shape index (κ1) is 12.4. The minimum absolute atomic E-state index is 0.430. The maximum Gasteiger partial charge on any atom is 0.372 e. The molecule has 1 unspecified atom stereocenters. The minimum Gasteiger partial charge on any atom is -0.475 e. The van der Waals surface area contributed by atoms with Crippen LogP contribution in [0.4, 0.5) is 0 Å². The summed E-state index contributed by atoms with van der Waals surface area (Å²) in [6.07, 6.45) is 0. The van der Waals surface area contributed by atoms with E-state index in [2.05, 4.69) is 13.8 Å². The molecule has 16 heavy (non-hydrogen) atoms. The van der Waals surface area contributed by atoms with E-state index in [1.807, 2.05) is 24.3 Å². The molecule has 0 saturated carbocycles. The quantitative estimate of drug-likeness (QED) is 0.793. The van der Waals surface area contributed by atoms with Crippen molar-refractivity contribution >= 4 is 11.8 Å². The normalized spacial score (nSPS) is 12.5. The molecule has 0 aromatic heterocycles. The van der Waals surface area contributed by atoms with Gasteiger partial charge in [-0.05, 0) is 17.0 Å². The van der Waals surface area contributed by atoms with Gasteiger partial charge >= 0.3 is 5.97 Å². The standard InChI is InChI=1S/C13H16O3/c1-8(2)10-4-6-11(7-5-10)9(3)12(14)13(15)16/h4-9H,1-3H3,(H,15,16). The zero-order valence-electron chi connectivity index (χ0n) is 9.73. The topological polar surface area (TPSA) is 54.4 Å². The van der Waals surface area contributed by atoms with E-state index in [0.717, 1.165) is 5.56 Å². The first-order valence-electron chi connectivity index (χ1n) is 5.30. The van der Waals surface area contributed by atoms with Crippen molar-refractivity contribution in [2.24, 2.45) is 0 Å². The highest BCUT2D eigenvalue weighted by atomic mass is 16.4. The number of Topliss-reactive ketones (excluding diaryl/α,β-unsaturated/α-hetero) is 1. The maximum absolute atomic E-state index is 11.3. The van der Waals surface area contributed by atoms with Gasteiger partial charge in [-0.25, -0.2) is 4.79 Å². The Kier molecular flexibility index (Phi) is 3.82. The van der Waals surface area contributed by atoms with Gasteiger partial charge in [0.2, 0.25) is 5.78 Å². The molecule has 1 rings (SSSR count). The van der Waals surface area contributed by atoms with Crippen LogP contribution < -0.4 is 0 Å². The Bertz CT molecular complexity index is 390. The molecule has 0 bridgehead atoms. The predicted molar refractivity (Wildman–Crippen MR) is 61.6 cm³/mol. The second-order valence-electron chi connectivity index (χ2n) is 4.21. The number of benzene rings is 1. The molecule has 0 amide bonds. The van der Waals surface area contributed by atoms with Crippen LogP contribution in [-0.2, 0) is 9.59 Å². The average Bonchev–Trinajstić information content (AvgIpc) is 2.27. The van der Waals surface area contributed by atoms with Crippen molar-refractivity contribution in [1.82, 2.24) is 0 Å². The van der Waals surface area contributed by atoms with Crippen molar-refractivity contribution in [3.63, 3.8) is 0 Å². The van der Waals surface area contributed by atoms with E-state index in [0.29, 0.717) is 5.92 Å². The Morgan fingerprint density at radius 3 is 1.81 bits per heavy atom. The molecule has 0 aliphatic rings. The second-order valence-corrected chi connectivity index (χ2v) is 4.21. The van der Waals surface area contributed by atoms with Crippen LogP contribution in [0.5, 0.6) is 0 Å². The van der Waals surface area contributed by atoms with Gasteiger partial charge in [0.05, 0.1) is 5.92 Å². The number of aliphatic carboxylic acids is 1. The minimum atomic E-state index is -1.37. The van der Waals surface area contributed by atoms with Gasteiger partial charge in [-0.2, -0.15) is 0 Å². The first-order valence-corrected chi connectivity index (χ1v) is 5.30. The highest BCUT2D eigenvalue weighted by molar-refractivity contribution is 6.34. The summed E-state index contributed by atoms with van der Waals surface area (Å²) in [6.45, 7) is 5.78. The number of hydrogen-bond acceptors (Lipinski definition) is 2. The zero-order valence-corrected chi connectivity index (χ0v) is 9.73. The lowest BCUT2D eigenvalue weighted by Crippen LogP contribution is -2.19. The summed E-state index contributed by atoms with van der Waals surface area (Å²) in [5.74, 6) is -2.30. The fraction of sp³-hybridized carbons (Fsp3) is 0.385. The molecule has 0 heterocycles. The number of carboxylic acid groups (broad SMARTS) is 1. The van der Waals surface area contributed by atoms with Gasteiger partial charge in [0, 0.05) is 0 Å². The van der Waals surface area contributed by atoms with Crippen LogP contribution in [0, 0.1) is 0 Å². The van der Waals surface area contributed by atoms with E-state index in [9.17, 15) is 9.59 Å². The van der Waals surface area contributed by atoms with Crippen molar-refractivity contribution in [2.45, 2.75) is 32.6 Å².